The van der Waals surface area contributed by atoms with Crippen LogP contribution in [0.5, 0.6) is 0 Å². The Hall–Kier alpha value is -0.790. The highest BCUT2D eigenvalue weighted by Crippen LogP contribution is 1.99. The van der Waals surface area contributed by atoms with Crippen molar-refractivity contribution in [2.75, 3.05) is 6.54 Å². The Morgan fingerprint density at radius 2 is 2.00 bits per heavy atom. The lowest BCUT2D eigenvalue weighted by Gasteiger charge is -1.89. The van der Waals surface area contributed by atoms with E-state index in [0.717, 1.165) is 0 Å². The molecule has 0 saturated carbocycles. The van der Waals surface area contributed by atoms with Crippen LogP contribution in [-0.2, 0) is 0 Å². The van der Waals surface area contributed by atoms with Crippen LogP contribution in [-0.4, -0.2) is 6.54 Å². The monoisotopic (exact) mass is 167 g/mol. The fraction of sp³-hybridized carbons (Fsp3) is 0.111. The molecule has 1 N–H and O–H groups in total. The van der Waals surface area contributed by atoms with E-state index >= 15 is 0 Å². The lowest BCUT2D eigenvalue weighted by Crippen LogP contribution is -1.94. The summed E-state index contributed by atoms with van der Waals surface area (Å²) in [6.07, 6.45) is 4.00. The topological polar surface area (TPSA) is 12.0 Å². The van der Waals surface area contributed by atoms with Gasteiger partial charge in [0, 0.05) is 6.54 Å². The van der Waals surface area contributed by atoms with Gasteiger partial charge in [0.15, 0.2) is 0 Å². The maximum atomic E-state index is 5.27. The van der Waals surface area contributed by atoms with Gasteiger partial charge in [-0.2, -0.15) is 0 Å². The molecule has 0 atom stereocenters. The summed E-state index contributed by atoms with van der Waals surface area (Å²) in [6, 6.07) is 10.1. The van der Waals surface area contributed by atoms with Crippen molar-refractivity contribution in [3.05, 3.63) is 42.0 Å². The molecule has 0 radical (unpaired) electrons. The molecule has 0 spiro atoms. The van der Waals surface area contributed by atoms with Gasteiger partial charge >= 0.3 is 0 Å². The van der Waals surface area contributed by atoms with Gasteiger partial charge in [0.2, 0.25) is 0 Å². The van der Waals surface area contributed by atoms with E-state index in [1.54, 1.807) is 0 Å². The van der Waals surface area contributed by atoms with Gasteiger partial charge in [0.1, 0.15) is 0 Å². The Kier molecular flexibility index (Phi) is 3.73. The summed E-state index contributed by atoms with van der Waals surface area (Å²) in [5.74, 6) is 0. The van der Waals surface area contributed by atoms with Gasteiger partial charge in [-0.05, 0) is 17.3 Å². The summed E-state index contributed by atoms with van der Waals surface area (Å²) < 4.78 is 0. The van der Waals surface area contributed by atoms with Gasteiger partial charge in [-0.15, -0.1) is 0 Å². The van der Waals surface area contributed by atoms with Gasteiger partial charge in [0.25, 0.3) is 0 Å². The molecule has 0 aliphatic carbocycles. The summed E-state index contributed by atoms with van der Waals surface area (Å²) in [5, 5.41) is 0. The molecule has 0 aliphatic rings. The number of rotatable bonds is 3. The van der Waals surface area contributed by atoms with E-state index in [4.69, 9.17) is 11.8 Å². The van der Waals surface area contributed by atoms with Crippen LogP contribution in [0, 0.1) is 0 Å². The Bertz CT molecular complexity index is 218. The van der Waals surface area contributed by atoms with E-state index in [1.807, 2.05) is 42.5 Å². The van der Waals surface area contributed by atoms with Crippen molar-refractivity contribution < 1.29 is 0 Å². The Morgan fingerprint density at radius 1 is 1.27 bits per heavy atom. The molecule has 0 amide bonds. The predicted octanol–water partition coefficient (Wildman–Crippen LogP) is 2.44. The maximum Gasteiger partial charge on any atom is 0.0292 e. The van der Waals surface area contributed by atoms with Gasteiger partial charge in [-0.25, -0.2) is 4.84 Å². The van der Waals surface area contributed by atoms with Crippen LogP contribution in [0.1, 0.15) is 5.56 Å². The van der Waals surface area contributed by atoms with Gasteiger partial charge in [-0.3, -0.25) is 0 Å². The molecule has 0 aliphatic heterocycles. The van der Waals surface area contributed by atoms with Crippen LogP contribution in [0.25, 0.3) is 6.08 Å². The van der Waals surface area contributed by atoms with Crippen molar-refractivity contribution in [1.29, 1.82) is 0 Å². The first kappa shape index (κ1) is 8.31. The van der Waals surface area contributed by atoms with Crippen LogP contribution >= 0.6 is 11.8 Å². The summed E-state index contributed by atoms with van der Waals surface area (Å²) in [4.78, 5) is 2.52. The van der Waals surface area contributed by atoms with Crippen LogP contribution in [0.2, 0.25) is 0 Å². The maximum absolute atomic E-state index is 5.27. The van der Waals surface area contributed by atoms with Crippen LogP contribution in [0.3, 0.4) is 0 Å². The first-order chi connectivity index (χ1) is 5.43. The van der Waals surface area contributed by atoms with E-state index in [9.17, 15) is 0 Å². The molecule has 0 saturated heterocycles. The van der Waals surface area contributed by atoms with E-state index in [0.29, 0.717) is 6.54 Å². The average molecular weight is 168 g/mol. The van der Waals surface area contributed by atoms with E-state index in [-0.39, 0.29) is 0 Å². The molecular weight excluding hydrogens is 158 g/mol. The molecule has 1 nitrogen and oxygen atoms in total. The third-order valence-electron chi connectivity index (χ3n) is 1.30. The number of hydrogen-bond donors (Lipinski definition) is 1. The second kappa shape index (κ2) is 4.94. The smallest absolute Gasteiger partial charge is 0.0292 e. The quantitative estimate of drug-likeness (QED) is 0.682. The molecule has 58 valence electrons. The summed E-state index contributed by atoms with van der Waals surface area (Å²) in [7, 11) is 0. The number of benzene rings is 1. The summed E-state index contributed by atoms with van der Waals surface area (Å²) >= 11 is 5.27. The van der Waals surface area contributed by atoms with E-state index in [1.165, 1.54) is 5.56 Å². The minimum atomic E-state index is 0.691. The highest BCUT2D eigenvalue weighted by Gasteiger charge is 1.80. The van der Waals surface area contributed by atoms with Gasteiger partial charge in [-0.1, -0.05) is 42.5 Å². The van der Waals surface area contributed by atoms with Crippen LogP contribution in [0.4, 0.5) is 0 Å². The molecule has 0 heterocycles. The fourth-order valence-corrected chi connectivity index (χ4v) is 0.893. The molecule has 11 heavy (non-hydrogen) atoms. The molecule has 1 aromatic carbocycles. The van der Waals surface area contributed by atoms with Crippen molar-refractivity contribution in [2.24, 2.45) is 0 Å². The third-order valence-corrected chi connectivity index (χ3v) is 1.46. The summed E-state index contributed by atoms with van der Waals surface area (Å²) in [5.41, 5.74) is 1.19. The molecule has 0 aromatic heterocycles. The van der Waals surface area contributed by atoms with E-state index in [2.05, 4.69) is 4.84 Å². The predicted molar refractivity (Wildman–Crippen MR) is 49.3 cm³/mol. The first-order valence-corrected chi connectivity index (χ1v) is 3.86. The number of nitrogens with one attached hydrogen (secondary N) is 1. The van der Waals surface area contributed by atoms with Crippen molar-refractivity contribution in [3.8, 4) is 0 Å². The SMILES string of the molecule is ClNCC=Cc1ccccc1. The lowest BCUT2D eigenvalue weighted by molar-refractivity contribution is 1.12. The largest absolute Gasteiger partial charge is 0.230 e. The number of halogens is 1. The third kappa shape index (κ3) is 3.21. The molecule has 1 rings (SSSR count). The first-order valence-electron chi connectivity index (χ1n) is 3.48. The highest BCUT2D eigenvalue weighted by molar-refractivity contribution is 6.13. The second-order valence-corrected chi connectivity index (χ2v) is 2.42. The zero-order valence-corrected chi connectivity index (χ0v) is 6.88. The van der Waals surface area contributed by atoms with Crippen molar-refractivity contribution >= 4 is 17.9 Å². The Morgan fingerprint density at radius 3 is 2.64 bits per heavy atom. The lowest BCUT2D eigenvalue weighted by atomic mass is 10.2. The normalized spacial score (nSPS) is 10.6. The Balaban J connectivity index is 2.50. The van der Waals surface area contributed by atoms with Crippen molar-refractivity contribution in [3.63, 3.8) is 0 Å². The molecule has 0 unspecified atom stereocenters. The molecule has 0 bridgehead atoms. The van der Waals surface area contributed by atoms with E-state index < -0.39 is 0 Å². The second-order valence-electron chi connectivity index (χ2n) is 2.15. The zero-order valence-electron chi connectivity index (χ0n) is 6.13. The minimum Gasteiger partial charge on any atom is -0.230 e. The van der Waals surface area contributed by atoms with Gasteiger partial charge < -0.3 is 0 Å². The standard InChI is InChI=1S/C9H10ClN/c10-11-8-4-7-9-5-2-1-3-6-9/h1-7,11H,8H2. The zero-order chi connectivity index (χ0) is 7.94. The molecule has 2 heteroatoms. The molecular formula is C9H10ClN. The van der Waals surface area contributed by atoms with Crippen LogP contribution in [0.15, 0.2) is 36.4 Å². The van der Waals surface area contributed by atoms with Crippen molar-refractivity contribution in [1.82, 2.24) is 4.84 Å². The summed E-state index contributed by atoms with van der Waals surface area (Å²) in [6.45, 7) is 0.691. The average Bonchev–Trinajstić information content (AvgIpc) is 2.07. The molecule has 1 aromatic rings. The highest BCUT2D eigenvalue weighted by atomic mass is 35.5. The van der Waals surface area contributed by atoms with Gasteiger partial charge in [0.05, 0.1) is 0 Å². The minimum absolute atomic E-state index is 0.691. The fourth-order valence-electron chi connectivity index (χ4n) is 0.804. The Labute approximate surface area is 71.8 Å². The molecule has 0 fully saturated rings. The van der Waals surface area contributed by atoms with Crippen LogP contribution < -0.4 is 4.84 Å². The number of hydrogen-bond acceptors (Lipinski definition) is 1. The van der Waals surface area contributed by atoms with Crippen molar-refractivity contribution in [2.45, 2.75) is 0 Å².